The van der Waals surface area contributed by atoms with Gasteiger partial charge in [0, 0.05) is 0 Å². The van der Waals surface area contributed by atoms with Gasteiger partial charge < -0.3 is 25.2 Å². The topological polar surface area (TPSA) is 24.7 Å². The molecule has 0 unspecified atom stereocenters. The van der Waals surface area contributed by atoms with Crippen molar-refractivity contribution in [2.45, 2.75) is 41.5 Å². The Morgan fingerprint density at radius 3 is 1.13 bits per heavy atom. The molecule has 0 spiro atoms. The maximum absolute atomic E-state index is 3.99. The molecule has 0 aliphatic carbocycles. The zero-order chi connectivity index (χ0) is 11.6. The zero-order valence-corrected chi connectivity index (χ0v) is 12.1. The van der Waals surface area contributed by atoms with Crippen molar-refractivity contribution in [2.24, 2.45) is 9.98 Å². The van der Waals surface area contributed by atoms with Crippen LogP contribution in [0.3, 0.4) is 0 Å². The molecule has 0 aromatic heterocycles. The minimum absolute atomic E-state index is 0. The first-order valence-electron chi connectivity index (χ1n) is 4.63. The number of nitrogens with zero attached hydrogens (tertiary/aromatic N) is 2. The standard InChI is InChI=1S/C5H6N2.2C3H7.ClH.Fe/c1-4-5(2)7-3-6-4;2*1-3-2;;/h1-2H3;2*3H,1-2H3;1H;/q;2*-1;;/p-1. The molecule has 0 aromatic rings. The Labute approximate surface area is 108 Å². The van der Waals surface area contributed by atoms with Crippen molar-refractivity contribution in [1.82, 2.24) is 0 Å². The summed E-state index contributed by atoms with van der Waals surface area (Å²) in [6.45, 7) is 11.9. The predicted octanol–water partition coefficient (Wildman–Crippen LogP) is 0.0210. The second kappa shape index (κ2) is 14.0. The van der Waals surface area contributed by atoms with Crippen LogP contribution in [0.4, 0.5) is 0 Å². The second-order valence-electron chi connectivity index (χ2n) is 2.81. The van der Waals surface area contributed by atoms with Crippen molar-refractivity contribution in [3.05, 3.63) is 12.8 Å². The molecule has 0 atom stereocenters. The monoisotopic (exact) mass is 271 g/mol. The van der Waals surface area contributed by atoms with Gasteiger partial charge in [0.05, 0.1) is 0 Å². The van der Waals surface area contributed by atoms with E-state index < -0.39 is 0 Å². The normalized spacial score (nSPS) is 12.3. The first-order chi connectivity index (χ1) is 6.53. The number of halogens is 1. The van der Waals surface area contributed by atoms with E-state index in [-0.39, 0.29) is 12.4 Å². The fraction of sp³-hybridized carbons (Fsp3) is 0.545. The van der Waals surface area contributed by atoms with Gasteiger partial charge in [0.15, 0.2) is 0 Å². The Morgan fingerprint density at radius 2 is 1.07 bits per heavy atom. The SMILES string of the molecule is CC1=N[C](=[Fe])N=C1C.C[CH-]C.C[CH-]C.[Cl-]. The molecule has 4 heteroatoms. The third kappa shape index (κ3) is 14.0. The van der Waals surface area contributed by atoms with E-state index in [1.54, 1.807) is 0 Å². The van der Waals surface area contributed by atoms with Crippen LogP contribution in [-0.2, 0) is 15.6 Å². The smallest absolute Gasteiger partial charge is 0.192 e. The third-order valence-electron chi connectivity index (χ3n) is 1.04. The minimum Gasteiger partial charge on any atom is -1.00 e. The molecule has 92 valence electrons. The first-order valence-corrected chi connectivity index (χ1v) is 5.18. The summed E-state index contributed by atoms with van der Waals surface area (Å²) in [5.41, 5.74) is 1.96. The molecule has 1 rings (SSSR count). The average molecular weight is 272 g/mol. The Hall–Kier alpha value is 0.0195. The molecule has 0 bridgehead atoms. The Kier molecular flexibility index (Phi) is 19.1. The van der Waals surface area contributed by atoms with Crippen LogP contribution in [0.15, 0.2) is 9.98 Å². The molecular formula is C11H20ClFeN2-3. The quantitative estimate of drug-likeness (QED) is 0.438. The minimum atomic E-state index is 0. The number of hydrogen-bond donors (Lipinski definition) is 0. The van der Waals surface area contributed by atoms with Crippen molar-refractivity contribution in [3.8, 4) is 0 Å². The molecule has 15 heavy (non-hydrogen) atoms. The average Bonchev–Trinajstić information content (AvgIpc) is 2.32. The molecule has 1 aliphatic rings. The van der Waals surface area contributed by atoms with Gasteiger partial charge in [0.25, 0.3) is 0 Å². The molecule has 0 saturated carbocycles. The maximum atomic E-state index is 3.99. The van der Waals surface area contributed by atoms with Crippen molar-refractivity contribution in [3.63, 3.8) is 0 Å². The van der Waals surface area contributed by atoms with E-state index in [0.29, 0.717) is 4.67 Å². The van der Waals surface area contributed by atoms with Gasteiger partial charge in [-0.25, -0.2) is 0 Å². The van der Waals surface area contributed by atoms with E-state index in [4.69, 9.17) is 0 Å². The van der Waals surface area contributed by atoms with E-state index >= 15 is 0 Å². The zero-order valence-electron chi connectivity index (χ0n) is 10.3. The molecule has 0 aromatic carbocycles. The van der Waals surface area contributed by atoms with Crippen molar-refractivity contribution >= 4 is 16.1 Å². The number of hydrogen-bond acceptors (Lipinski definition) is 2. The van der Waals surface area contributed by atoms with Gasteiger partial charge in [-0.2, -0.15) is 27.7 Å². The summed E-state index contributed by atoms with van der Waals surface area (Å²) in [5.74, 6) is 0. The Bertz CT molecular complexity index is 201. The van der Waals surface area contributed by atoms with Gasteiger partial charge in [-0.1, -0.05) is 0 Å². The fourth-order valence-corrected chi connectivity index (χ4v) is 0.826. The maximum Gasteiger partial charge on any atom is -0.192 e. The molecule has 0 saturated heterocycles. The Balaban J connectivity index is -0.000000177. The summed E-state index contributed by atoms with van der Waals surface area (Å²) in [4.78, 5) is 7.98. The van der Waals surface area contributed by atoms with Crippen LogP contribution in [0, 0.1) is 12.8 Å². The van der Waals surface area contributed by atoms with E-state index in [1.165, 1.54) is 0 Å². The van der Waals surface area contributed by atoms with Crippen molar-refractivity contribution in [1.29, 1.82) is 0 Å². The number of rotatable bonds is 0. The van der Waals surface area contributed by atoms with E-state index in [9.17, 15) is 0 Å². The second-order valence-corrected chi connectivity index (χ2v) is 3.30. The molecule has 0 fully saturated rings. The van der Waals surface area contributed by atoms with E-state index in [2.05, 4.69) is 25.6 Å². The molecule has 0 N–H and O–H groups in total. The van der Waals surface area contributed by atoms with Crippen LogP contribution in [0.2, 0.25) is 0 Å². The van der Waals surface area contributed by atoms with Crippen LogP contribution in [-0.4, -0.2) is 16.1 Å². The molecule has 1 aliphatic heterocycles. The summed E-state index contributed by atoms with van der Waals surface area (Å²) in [6.07, 6.45) is 4.00. The van der Waals surface area contributed by atoms with Gasteiger partial charge in [0.2, 0.25) is 0 Å². The summed E-state index contributed by atoms with van der Waals surface area (Å²) in [6, 6.07) is 0. The molecule has 0 radical (unpaired) electrons. The molecular weight excluding hydrogens is 251 g/mol. The summed E-state index contributed by atoms with van der Waals surface area (Å²) in [5, 5.41) is 0. The van der Waals surface area contributed by atoms with Crippen LogP contribution in [0.25, 0.3) is 0 Å². The fourth-order valence-electron chi connectivity index (χ4n) is 0.455. The predicted molar refractivity (Wildman–Crippen MR) is 62.5 cm³/mol. The molecule has 2 nitrogen and oxygen atoms in total. The van der Waals surface area contributed by atoms with Crippen molar-refractivity contribution < 1.29 is 28.0 Å². The van der Waals surface area contributed by atoms with Crippen LogP contribution >= 0.6 is 0 Å². The van der Waals surface area contributed by atoms with E-state index in [0.717, 1.165) is 11.4 Å². The van der Waals surface area contributed by atoms with Crippen LogP contribution in [0.5, 0.6) is 0 Å². The first kappa shape index (κ1) is 20.4. The van der Waals surface area contributed by atoms with Gasteiger partial charge in [-0.3, -0.25) is 0 Å². The molecule has 1 heterocycles. The van der Waals surface area contributed by atoms with Gasteiger partial charge >= 0.3 is 55.5 Å². The largest absolute Gasteiger partial charge is 1.00 e. The summed E-state index contributed by atoms with van der Waals surface area (Å²) >= 11 is 3.58. The van der Waals surface area contributed by atoms with E-state index in [1.807, 2.05) is 54.4 Å². The van der Waals surface area contributed by atoms with Gasteiger partial charge in [0.1, 0.15) is 0 Å². The van der Waals surface area contributed by atoms with Gasteiger partial charge in [-0.05, 0) is 0 Å². The van der Waals surface area contributed by atoms with Gasteiger partial charge in [-0.15, -0.1) is 0 Å². The third-order valence-corrected chi connectivity index (χ3v) is 1.28. The number of aliphatic imine (C=N–C) groups is 2. The van der Waals surface area contributed by atoms with Crippen LogP contribution in [0.1, 0.15) is 41.5 Å². The summed E-state index contributed by atoms with van der Waals surface area (Å²) < 4.78 is 0.625. The Morgan fingerprint density at radius 1 is 0.867 bits per heavy atom. The van der Waals surface area contributed by atoms with Crippen molar-refractivity contribution in [2.75, 3.05) is 0 Å². The van der Waals surface area contributed by atoms with Crippen LogP contribution < -0.4 is 12.4 Å². The molecule has 0 amide bonds. The summed E-state index contributed by atoms with van der Waals surface area (Å²) in [7, 11) is 0.